The molecule has 5 rings (SSSR count). The Morgan fingerprint density at radius 3 is 2.64 bits per heavy atom. The number of carbonyl (C=O) groups excluding carboxylic acids is 2. The number of nitrogens with zero attached hydrogens (tertiary/aromatic N) is 1. The summed E-state index contributed by atoms with van der Waals surface area (Å²) in [6.45, 7) is 5.70. The first-order valence-corrected chi connectivity index (χ1v) is 10.7. The Bertz CT molecular complexity index is 781. The van der Waals surface area contributed by atoms with Crippen molar-refractivity contribution >= 4 is 11.7 Å². The summed E-state index contributed by atoms with van der Waals surface area (Å²) in [4.78, 5) is 29.1. The molecule has 5 aliphatic rings. The topological polar surface area (TPSA) is 87.1 Å². The van der Waals surface area contributed by atoms with Gasteiger partial charge in [-0.05, 0) is 43.4 Å². The molecule has 2 saturated heterocycles. The van der Waals surface area contributed by atoms with Crippen LogP contribution in [-0.4, -0.2) is 58.4 Å². The van der Waals surface area contributed by atoms with Gasteiger partial charge in [-0.3, -0.25) is 9.59 Å². The van der Waals surface area contributed by atoms with Crippen LogP contribution in [-0.2, 0) is 14.3 Å². The fourth-order valence-corrected chi connectivity index (χ4v) is 7.91. The summed E-state index contributed by atoms with van der Waals surface area (Å²) in [5.74, 6) is -1.89. The number of likely N-dealkylation sites (tertiary alicyclic amines) is 1. The van der Waals surface area contributed by atoms with E-state index in [0.717, 1.165) is 19.3 Å². The van der Waals surface area contributed by atoms with E-state index in [1.165, 1.54) is 4.90 Å². The molecule has 6 heteroatoms. The number of likely N-dealkylation sites (N-methyl/N-ethyl adjacent to an activating group) is 1. The SMILES string of the molecule is C[C@@H]1CC[C@@H]2[C@H](C=C[C@H]3[C@@H]4[C@H](C)O[C@@]5(O)[C@@H](CO)N(C)C(=O)[C@@]45C(=O)[C@@]23C)C1. The maximum absolute atomic E-state index is 14.2. The molecule has 2 N–H and O–H groups in total. The molecule has 0 aromatic carbocycles. The van der Waals surface area contributed by atoms with Gasteiger partial charge in [-0.1, -0.05) is 32.4 Å². The summed E-state index contributed by atoms with van der Waals surface area (Å²) in [7, 11) is 1.55. The van der Waals surface area contributed by atoms with Gasteiger partial charge in [0.25, 0.3) is 0 Å². The number of hydrogen-bond donors (Lipinski definition) is 2. The Morgan fingerprint density at radius 1 is 1.25 bits per heavy atom. The number of Topliss-reactive ketones (excluding diaryl/α,β-unsaturated/α-hetero) is 1. The Kier molecular flexibility index (Phi) is 3.66. The predicted octanol–water partition coefficient (Wildman–Crippen LogP) is 1.36. The molecule has 2 heterocycles. The fraction of sp³-hybridized carbons (Fsp3) is 0.818. The number of fused-ring (bicyclic) bond motifs is 4. The first kappa shape index (κ1) is 18.8. The minimum absolute atomic E-state index is 0.131. The number of rotatable bonds is 1. The molecule has 3 aliphatic carbocycles. The summed E-state index contributed by atoms with van der Waals surface area (Å²) in [6.07, 6.45) is 7.09. The Labute approximate surface area is 165 Å². The van der Waals surface area contributed by atoms with E-state index >= 15 is 0 Å². The number of hydrogen-bond acceptors (Lipinski definition) is 5. The van der Waals surface area contributed by atoms with Crippen molar-refractivity contribution in [1.29, 1.82) is 0 Å². The van der Waals surface area contributed by atoms with Crippen molar-refractivity contribution in [2.24, 2.45) is 40.4 Å². The first-order chi connectivity index (χ1) is 13.2. The highest BCUT2D eigenvalue weighted by Crippen LogP contribution is 2.72. The zero-order valence-electron chi connectivity index (χ0n) is 17.1. The molecule has 4 fully saturated rings. The van der Waals surface area contributed by atoms with Gasteiger partial charge in [-0.25, -0.2) is 0 Å². The molecule has 154 valence electrons. The lowest BCUT2D eigenvalue weighted by atomic mass is 9.55. The lowest BCUT2D eigenvalue weighted by Crippen LogP contribution is -2.58. The third-order valence-corrected chi connectivity index (χ3v) is 9.11. The van der Waals surface area contributed by atoms with Crippen LogP contribution in [0.15, 0.2) is 12.2 Å². The van der Waals surface area contributed by atoms with Crippen LogP contribution >= 0.6 is 0 Å². The normalized spacial score (nSPS) is 57.2. The van der Waals surface area contributed by atoms with E-state index < -0.39 is 47.2 Å². The quantitative estimate of drug-likeness (QED) is 0.522. The van der Waals surface area contributed by atoms with Gasteiger partial charge in [0.1, 0.15) is 6.04 Å². The number of aliphatic hydroxyl groups is 2. The Hall–Kier alpha value is -1.24. The molecule has 1 amide bonds. The van der Waals surface area contributed by atoms with Gasteiger partial charge < -0.3 is 19.8 Å². The zero-order chi connectivity index (χ0) is 20.2. The molecular weight excluding hydrogens is 358 g/mol. The lowest BCUT2D eigenvalue weighted by molar-refractivity contribution is -0.240. The molecule has 2 aliphatic heterocycles. The highest BCUT2D eigenvalue weighted by molar-refractivity contribution is 6.14. The molecule has 10 atom stereocenters. The number of aliphatic hydroxyl groups excluding tert-OH is 1. The zero-order valence-corrected chi connectivity index (χ0v) is 17.1. The van der Waals surface area contributed by atoms with Crippen LogP contribution in [0.1, 0.15) is 40.0 Å². The van der Waals surface area contributed by atoms with E-state index in [4.69, 9.17) is 4.74 Å². The second-order valence-corrected chi connectivity index (χ2v) is 10.2. The van der Waals surface area contributed by atoms with Crippen LogP contribution in [0.5, 0.6) is 0 Å². The molecule has 2 saturated carbocycles. The summed E-state index contributed by atoms with van der Waals surface area (Å²) in [5, 5.41) is 21.6. The van der Waals surface area contributed by atoms with E-state index in [9.17, 15) is 19.8 Å². The number of ether oxygens (including phenoxy) is 1. The van der Waals surface area contributed by atoms with Crippen LogP contribution in [0.25, 0.3) is 0 Å². The van der Waals surface area contributed by atoms with Gasteiger partial charge in [-0.15, -0.1) is 0 Å². The monoisotopic (exact) mass is 389 g/mol. The average Bonchev–Trinajstić information content (AvgIpc) is 3.07. The van der Waals surface area contributed by atoms with Crippen LogP contribution in [0.3, 0.4) is 0 Å². The van der Waals surface area contributed by atoms with Gasteiger partial charge in [0, 0.05) is 18.4 Å². The molecule has 0 aromatic heterocycles. The minimum Gasteiger partial charge on any atom is -0.394 e. The number of ketones is 1. The largest absolute Gasteiger partial charge is 0.394 e. The third-order valence-electron chi connectivity index (χ3n) is 9.11. The van der Waals surface area contributed by atoms with Crippen molar-refractivity contribution in [2.75, 3.05) is 13.7 Å². The maximum Gasteiger partial charge on any atom is 0.242 e. The number of amides is 1. The minimum atomic E-state index is -1.97. The second kappa shape index (κ2) is 5.46. The lowest BCUT2D eigenvalue weighted by Gasteiger charge is -2.49. The number of allylic oxidation sites excluding steroid dienone is 2. The van der Waals surface area contributed by atoms with Gasteiger partial charge in [0.05, 0.1) is 12.7 Å². The molecule has 0 aromatic rings. The van der Waals surface area contributed by atoms with Crippen LogP contribution in [0.4, 0.5) is 0 Å². The van der Waals surface area contributed by atoms with E-state index in [2.05, 4.69) is 19.1 Å². The van der Waals surface area contributed by atoms with Crippen LogP contribution < -0.4 is 0 Å². The smallest absolute Gasteiger partial charge is 0.242 e. The van der Waals surface area contributed by atoms with Gasteiger partial charge in [0.15, 0.2) is 11.2 Å². The van der Waals surface area contributed by atoms with E-state index in [1.807, 2.05) is 13.8 Å². The summed E-state index contributed by atoms with van der Waals surface area (Å²) in [6, 6.07) is -0.925. The fourth-order valence-electron chi connectivity index (χ4n) is 7.91. The maximum atomic E-state index is 14.2. The highest BCUT2D eigenvalue weighted by Gasteiger charge is 2.87. The van der Waals surface area contributed by atoms with Gasteiger partial charge in [-0.2, -0.15) is 0 Å². The molecule has 0 unspecified atom stereocenters. The van der Waals surface area contributed by atoms with Gasteiger partial charge in [0.2, 0.25) is 11.7 Å². The third kappa shape index (κ3) is 1.70. The molecule has 1 spiro atoms. The van der Waals surface area contributed by atoms with Crippen molar-refractivity contribution in [1.82, 2.24) is 4.90 Å². The summed E-state index contributed by atoms with van der Waals surface area (Å²) in [5.41, 5.74) is -2.30. The van der Waals surface area contributed by atoms with E-state index in [-0.39, 0.29) is 17.6 Å². The molecule has 0 bridgehead atoms. The van der Waals surface area contributed by atoms with E-state index in [0.29, 0.717) is 11.8 Å². The van der Waals surface area contributed by atoms with E-state index in [1.54, 1.807) is 7.05 Å². The average molecular weight is 389 g/mol. The molecule has 6 nitrogen and oxygen atoms in total. The Morgan fingerprint density at radius 2 is 1.96 bits per heavy atom. The van der Waals surface area contributed by atoms with Crippen molar-refractivity contribution in [3.8, 4) is 0 Å². The van der Waals surface area contributed by atoms with Crippen molar-refractivity contribution in [3.05, 3.63) is 12.2 Å². The van der Waals surface area contributed by atoms with Crippen LogP contribution in [0, 0.1) is 40.4 Å². The van der Waals surface area contributed by atoms with Crippen molar-refractivity contribution < 1.29 is 24.5 Å². The summed E-state index contributed by atoms with van der Waals surface area (Å²) >= 11 is 0. The second-order valence-electron chi connectivity index (χ2n) is 10.2. The van der Waals surface area contributed by atoms with Crippen molar-refractivity contribution in [3.63, 3.8) is 0 Å². The van der Waals surface area contributed by atoms with Crippen molar-refractivity contribution in [2.45, 2.75) is 58.0 Å². The molecule has 0 radical (unpaired) electrons. The summed E-state index contributed by atoms with van der Waals surface area (Å²) < 4.78 is 5.97. The highest BCUT2D eigenvalue weighted by atomic mass is 16.6. The standard InChI is InChI=1S/C22H31NO5/c1-11-5-7-14-13(9-11)6-8-15-17-12(2)28-22(27)16(10-24)23(4)19(26)21(17,22)18(25)20(14,15)3/h6,8,11-17,24,27H,5,7,9-10H2,1-4H3/t11-,12+,13-,14-,15+,16-,17+,20+,21+,22+/m1/s1. The predicted molar refractivity (Wildman–Crippen MR) is 101 cm³/mol. The molecule has 28 heavy (non-hydrogen) atoms. The Balaban J connectivity index is 1.71. The first-order valence-electron chi connectivity index (χ1n) is 10.7. The van der Waals surface area contributed by atoms with Crippen LogP contribution in [0.2, 0.25) is 0 Å². The van der Waals surface area contributed by atoms with Gasteiger partial charge >= 0.3 is 0 Å². The molecular formula is C22H31NO5. The number of carbonyl (C=O) groups is 2.